The molecule has 1 nitrogen and oxygen atoms in total. The summed E-state index contributed by atoms with van der Waals surface area (Å²) in [5.41, 5.74) is 17.0. The van der Waals surface area contributed by atoms with E-state index in [0.29, 0.717) is 0 Å². The fraction of sp³-hybridized carbons (Fsp3) is 0.0769. The van der Waals surface area contributed by atoms with Crippen LogP contribution in [-0.4, -0.2) is 0 Å². The Morgan fingerprint density at radius 1 is 0.780 bits per heavy atom. The van der Waals surface area contributed by atoms with Crippen molar-refractivity contribution in [2.75, 3.05) is 0 Å². The maximum Gasteiger partial charge on any atom is 0.144 e. The predicted octanol–water partition coefficient (Wildman–Crippen LogP) is 10.8. The molecule has 6 aromatic rings. The topological polar surface area (TPSA) is 13.1 Å². The van der Waals surface area contributed by atoms with Gasteiger partial charge in [-0.15, -0.1) is 0 Å². The predicted molar refractivity (Wildman–Crippen MR) is 173 cm³/mol. The smallest absolute Gasteiger partial charge is 0.144 e. The van der Waals surface area contributed by atoms with E-state index >= 15 is 0 Å². The molecule has 3 aliphatic rings. The van der Waals surface area contributed by atoms with Crippen molar-refractivity contribution in [1.82, 2.24) is 0 Å². The zero-order valence-electron chi connectivity index (χ0n) is 22.6. The maximum atomic E-state index is 6.84. The van der Waals surface area contributed by atoms with Crippen molar-refractivity contribution < 1.29 is 4.42 Å². The molecule has 9 rings (SSSR count). The summed E-state index contributed by atoms with van der Waals surface area (Å²) in [7, 11) is 0. The Morgan fingerprint density at radius 3 is 2.22 bits per heavy atom. The molecule has 5 aromatic carbocycles. The third kappa shape index (κ3) is 2.67. The molecule has 0 radical (unpaired) electrons. The fourth-order valence-corrected chi connectivity index (χ4v) is 8.65. The molecule has 1 aromatic heterocycles. The molecule has 3 aliphatic carbocycles. The van der Waals surface area contributed by atoms with E-state index in [9.17, 15) is 0 Å². The van der Waals surface area contributed by atoms with Crippen LogP contribution < -0.4 is 0 Å². The third-order valence-corrected chi connectivity index (χ3v) is 10.1. The summed E-state index contributed by atoms with van der Waals surface area (Å²) >= 11 is 4.03. The van der Waals surface area contributed by atoms with Gasteiger partial charge in [0.05, 0.1) is 5.41 Å². The molecular formula is C39H25BrO. The van der Waals surface area contributed by atoms with Crippen LogP contribution in [0.4, 0.5) is 0 Å². The van der Waals surface area contributed by atoms with Gasteiger partial charge in [0.25, 0.3) is 0 Å². The number of para-hydroxylation sites is 1. The van der Waals surface area contributed by atoms with Crippen LogP contribution in [0, 0.1) is 0 Å². The highest BCUT2D eigenvalue weighted by Gasteiger charge is 2.54. The van der Waals surface area contributed by atoms with Crippen LogP contribution in [0.15, 0.2) is 130 Å². The van der Waals surface area contributed by atoms with Crippen LogP contribution in [0.3, 0.4) is 0 Å². The van der Waals surface area contributed by atoms with Crippen LogP contribution in [0.2, 0.25) is 0 Å². The van der Waals surface area contributed by atoms with Crippen molar-refractivity contribution >= 4 is 43.4 Å². The molecule has 0 aliphatic heterocycles. The summed E-state index contributed by atoms with van der Waals surface area (Å²) in [6, 6.07) is 33.5. The Bertz CT molecular complexity index is 2180. The lowest BCUT2D eigenvalue weighted by Crippen LogP contribution is -2.26. The molecule has 194 valence electrons. The van der Waals surface area contributed by atoms with E-state index < -0.39 is 5.41 Å². The first-order chi connectivity index (χ1) is 20.2. The Labute approximate surface area is 247 Å². The molecule has 0 bridgehead atoms. The molecule has 0 N–H and O–H groups in total. The fourth-order valence-electron chi connectivity index (χ4n) is 8.03. The monoisotopic (exact) mass is 588 g/mol. The van der Waals surface area contributed by atoms with Gasteiger partial charge >= 0.3 is 0 Å². The first-order valence-electron chi connectivity index (χ1n) is 14.2. The summed E-state index contributed by atoms with van der Waals surface area (Å²) in [6.07, 6.45) is 7.34. The Morgan fingerprint density at radius 2 is 1.49 bits per heavy atom. The van der Waals surface area contributed by atoms with Gasteiger partial charge in [0.2, 0.25) is 0 Å². The number of halogens is 1. The molecule has 0 unspecified atom stereocenters. The van der Waals surface area contributed by atoms with Crippen LogP contribution in [0.5, 0.6) is 0 Å². The van der Waals surface area contributed by atoms with Gasteiger partial charge in [-0.25, -0.2) is 0 Å². The Kier molecular flexibility index (Phi) is 4.60. The lowest BCUT2D eigenvalue weighted by atomic mass is 9.70. The van der Waals surface area contributed by atoms with Crippen LogP contribution in [-0.2, 0) is 11.8 Å². The van der Waals surface area contributed by atoms with Gasteiger partial charge in [0.1, 0.15) is 11.2 Å². The van der Waals surface area contributed by atoms with Crippen LogP contribution in [0.1, 0.15) is 40.3 Å². The number of allylic oxidation sites excluding steroid dienone is 5. The second-order valence-corrected chi connectivity index (χ2v) is 12.1. The van der Waals surface area contributed by atoms with Gasteiger partial charge < -0.3 is 4.42 Å². The lowest BCUT2D eigenvalue weighted by molar-refractivity contribution is 0.669. The number of hydrogen-bond acceptors (Lipinski definition) is 1. The second kappa shape index (κ2) is 8.09. The SMILES string of the molecule is C=CC1=C(/C=C\C)c2c(ccc3c2-c2c(cc(Br)c4c2oc2ccccc24)C32c3ccccc3-c3ccccc32)C1. The second-order valence-electron chi connectivity index (χ2n) is 11.3. The number of fused-ring (bicyclic) bond motifs is 16. The minimum Gasteiger partial charge on any atom is -0.455 e. The average Bonchev–Trinajstić information content (AvgIpc) is 3.72. The minimum absolute atomic E-state index is 0.444. The highest BCUT2D eigenvalue weighted by atomic mass is 79.9. The highest BCUT2D eigenvalue weighted by Crippen LogP contribution is 2.66. The summed E-state index contributed by atoms with van der Waals surface area (Å²) < 4.78 is 7.90. The number of furan rings is 1. The molecule has 0 amide bonds. The zero-order chi connectivity index (χ0) is 27.5. The van der Waals surface area contributed by atoms with E-state index in [1.54, 1.807) is 0 Å². The molecule has 0 fully saturated rings. The van der Waals surface area contributed by atoms with Gasteiger partial charge in [-0.2, -0.15) is 0 Å². The van der Waals surface area contributed by atoms with Crippen molar-refractivity contribution in [3.63, 3.8) is 0 Å². The number of hydrogen-bond donors (Lipinski definition) is 0. The summed E-state index contributed by atoms with van der Waals surface area (Å²) in [4.78, 5) is 0. The van der Waals surface area contributed by atoms with Gasteiger partial charge in [-0.3, -0.25) is 0 Å². The van der Waals surface area contributed by atoms with Gasteiger partial charge in [0.15, 0.2) is 0 Å². The highest BCUT2D eigenvalue weighted by molar-refractivity contribution is 9.10. The summed E-state index contributed by atoms with van der Waals surface area (Å²) in [6.45, 7) is 6.30. The quantitative estimate of drug-likeness (QED) is 0.196. The molecule has 1 heterocycles. The van der Waals surface area contributed by atoms with Crippen molar-refractivity contribution in [3.05, 3.63) is 159 Å². The van der Waals surface area contributed by atoms with E-state index in [1.807, 2.05) is 6.08 Å². The third-order valence-electron chi connectivity index (χ3n) is 9.48. The molecule has 0 saturated carbocycles. The molecule has 0 saturated heterocycles. The maximum absolute atomic E-state index is 6.84. The van der Waals surface area contributed by atoms with E-state index in [1.165, 1.54) is 66.8 Å². The van der Waals surface area contributed by atoms with E-state index in [-0.39, 0.29) is 0 Å². The molecular weight excluding hydrogens is 564 g/mol. The summed E-state index contributed by atoms with van der Waals surface area (Å²) in [5, 5.41) is 2.27. The van der Waals surface area contributed by atoms with E-state index in [2.05, 4.69) is 133 Å². The standard InChI is InChI=1S/C39H25BrO/c1-3-11-24-22(4-2)20-23-18-19-30-36(34(23)24)37-31(21-32(40)35-27-14-7-10-17-33(27)41-38(35)37)39(30)28-15-8-5-12-25(28)26-13-6-9-16-29(26)39/h3-19,21H,2,20H2,1H3/b11-3-. The van der Waals surface area contributed by atoms with E-state index in [4.69, 9.17) is 4.42 Å². The number of rotatable bonds is 2. The van der Waals surface area contributed by atoms with Crippen molar-refractivity contribution in [2.45, 2.75) is 18.8 Å². The van der Waals surface area contributed by atoms with Gasteiger partial charge in [0, 0.05) is 20.8 Å². The normalized spacial score (nSPS) is 15.6. The molecule has 41 heavy (non-hydrogen) atoms. The first kappa shape index (κ1) is 23.3. The van der Waals surface area contributed by atoms with Crippen molar-refractivity contribution in [3.8, 4) is 22.3 Å². The van der Waals surface area contributed by atoms with Crippen molar-refractivity contribution in [1.29, 1.82) is 0 Å². The molecule has 1 spiro atoms. The molecule has 0 atom stereocenters. The average molecular weight is 590 g/mol. The number of benzene rings is 5. The van der Waals surface area contributed by atoms with Crippen molar-refractivity contribution in [2.24, 2.45) is 0 Å². The van der Waals surface area contributed by atoms with Crippen LogP contribution >= 0.6 is 15.9 Å². The minimum atomic E-state index is -0.444. The molecule has 2 heteroatoms. The first-order valence-corrected chi connectivity index (χ1v) is 15.0. The lowest BCUT2D eigenvalue weighted by Gasteiger charge is -2.30. The summed E-state index contributed by atoms with van der Waals surface area (Å²) in [5.74, 6) is 0. The Hall–Kier alpha value is -4.40. The van der Waals surface area contributed by atoms with Gasteiger partial charge in [-0.05, 0) is 86.7 Å². The van der Waals surface area contributed by atoms with E-state index in [0.717, 1.165) is 32.8 Å². The zero-order valence-corrected chi connectivity index (χ0v) is 24.2. The van der Waals surface area contributed by atoms with Gasteiger partial charge in [-0.1, -0.05) is 120 Å². The largest absolute Gasteiger partial charge is 0.455 e. The Balaban J connectivity index is 1.56. The van der Waals surface area contributed by atoms with Crippen LogP contribution in [0.25, 0.3) is 49.8 Å².